The van der Waals surface area contributed by atoms with Crippen LogP contribution in [0.25, 0.3) is 0 Å². The highest BCUT2D eigenvalue weighted by molar-refractivity contribution is 7.10. The first-order valence-corrected chi connectivity index (χ1v) is 5.87. The van der Waals surface area contributed by atoms with Crippen molar-refractivity contribution in [1.82, 2.24) is 5.32 Å². The van der Waals surface area contributed by atoms with E-state index in [0.29, 0.717) is 12.0 Å². The fourth-order valence-corrected chi connectivity index (χ4v) is 2.61. The highest BCUT2D eigenvalue weighted by Gasteiger charge is 2.17. The average Bonchev–Trinajstić information content (AvgIpc) is 2.69. The molecule has 80 valence electrons. The number of rotatable bonds is 6. The van der Waals surface area contributed by atoms with Crippen LogP contribution in [-0.2, 0) is 4.74 Å². The normalized spacial score (nSPS) is 15.4. The predicted molar refractivity (Wildman–Crippen MR) is 61.8 cm³/mol. The van der Waals surface area contributed by atoms with Crippen molar-refractivity contribution in [2.24, 2.45) is 5.92 Å². The molecule has 3 heteroatoms. The summed E-state index contributed by atoms with van der Waals surface area (Å²) in [5, 5.41) is 5.50. The van der Waals surface area contributed by atoms with E-state index in [2.05, 4.69) is 29.8 Å². The highest BCUT2D eigenvalue weighted by Crippen LogP contribution is 2.27. The first kappa shape index (κ1) is 11.7. The minimum Gasteiger partial charge on any atom is -0.385 e. The fraction of sp³-hybridized carbons (Fsp3) is 0.636. The average molecular weight is 213 g/mol. The summed E-state index contributed by atoms with van der Waals surface area (Å²) < 4.78 is 5.10. The Labute approximate surface area is 90.3 Å². The zero-order valence-electron chi connectivity index (χ0n) is 9.12. The largest absolute Gasteiger partial charge is 0.385 e. The zero-order chi connectivity index (χ0) is 10.4. The van der Waals surface area contributed by atoms with Crippen LogP contribution in [0.1, 0.15) is 24.3 Å². The lowest BCUT2D eigenvalue weighted by Crippen LogP contribution is -2.23. The van der Waals surface area contributed by atoms with Gasteiger partial charge in [0.1, 0.15) is 0 Å². The maximum Gasteiger partial charge on any atom is 0.0465 e. The summed E-state index contributed by atoms with van der Waals surface area (Å²) in [7, 11) is 3.78. The first-order chi connectivity index (χ1) is 6.79. The van der Waals surface area contributed by atoms with Crippen LogP contribution < -0.4 is 5.32 Å². The summed E-state index contributed by atoms with van der Waals surface area (Å²) in [6.07, 6.45) is 1.10. The number of thiophene rings is 1. The Balaban J connectivity index is 2.53. The molecule has 0 spiro atoms. The molecule has 2 unspecified atom stereocenters. The van der Waals surface area contributed by atoms with E-state index < -0.39 is 0 Å². The van der Waals surface area contributed by atoms with E-state index >= 15 is 0 Å². The minimum atomic E-state index is 0.463. The Morgan fingerprint density at radius 3 is 2.86 bits per heavy atom. The summed E-state index contributed by atoms with van der Waals surface area (Å²) in [4.78, 5) is 1.41. The quantitative estimate of drug-likeness (QED) is 0.784. The Hall–Kier alpha value is -0.380. The van der Waals surface area contributed by atoms with Gasteiger partial charge in [0, 0.05) is 24.6 Å². The van der Waals surface area contributed by atoms with Crippen molar-refractivity contribution in [3.05, 3.63) is 22.4 Å². The Morgan fingerprint density at radius 1 is 1.57 bits per heavy atom. The van der Waals surface area contributed by atoms with Crippen molar-refractivity contribution in [2.45, 2.75) is 19.4 Å². The topological polar surface area (TPSA) is 21.3 Å². The van der Waals surface area contributed by atoms with E-state index in [1.165, 1.54) is 4.88 Å². The van der Waals surface area contributed by atoms with Gasteiger partial charge in [-0.15, -0.1) is 11.3 Å². The van der Waals surface area contributed by atoms with Gasteiger partial charge < -0.3 is 10.1 Å². The lowest BCUT2D eigenvalue weighted by molar-refractivity contribution is 0.171. The molecular weight excluding hydrogens is 194 g/mol. The van der Waals surface area contributed by atoms with Crippen molar-refractivity contribution in [2.75, 3.05) is 20.8 Å². The van der Waals surface area contributed by atoms with Gasteiger partial charge in [-0.05, 0) is 30.8 Å². The standard InChI is InChI=1S/C11H19NOS/c1-9(6-7-13-3)11(12-2)10-5-4-8-14-10/h4-5,8-9,11-12H,6-7H2,1-3H3. The van der Waals surface area contributed by atoms with Gasteiger partial charge in [0.25, 0.3) is 0 Å². The molecule has 2 atom stereocenters. The number of hydrogen-bond acceptors (Lipinski definition) is 3. The minimum absolute atomic E-state index is 0.463. The third-order valence-electron chi connectivity index (χ3n) is 2.51. The smallest absolute Gasteiger partial charge is 0.0465 e. The second-order valence-corrected chi connectivity index (χ2v) is 4.52. The van der Waals surface area contributed by atoms with Gasteiger partial charge >= 0.3 is 0 Å². The fourth-order valence-electron chi connectivity index (χ4n) is 1.65. The monoisotopic (exact) mass is 213 g/mol. The molecule has 1 aromatic heterocycles. The van der Waals surface area contributed by atoms with E-state index in [1.807, 2.05) is 18.4 Å². The van der Waals surface area contributed by atoms with Gasteiger partial charge in [0.05, 0.1) is 0 Å². The van der Waals surface area contributed by atoms with Crippen LogP contribution in [0, 0.1) is 5.92 Å². The molecule has 0 bridgehead atoms. The van der Waals surface area contributed by atoms with E-state index in [1.54, 1.807) is 7.11 Å². The summed E-state index contributed by atoms with van der Waals surface area (Å²) in [6, 6.07) is 4.76. The van der Waals surface area contributed by atoms with Crippen molar-refractivity contribution in [3.63, 3.8) is 0 Å². The molecule has 0 saturated heterocycles. The molecule has 14 heavy (non-hydrogen) atoms. The zero-order valence-corrected chi connectivity index (χ0v) is 9.93. The summed E-state index contributed by atoms with van der Waals surface area (Å²) in [6.45, 7) is 3.10. The molecule has 0 aliphatic rings. The molecule has 0 amide bonds. The van der Waals surface area contributed by atoms with Crippen molar-refractivity contribution in [3.8, 4) is 0 Å². The molecule has 0 saturated carbocycles. The molecule has 1 N–H and O–H groups in total. The van der Waals surface area contributed by atoms with Gasteiger partial charge in [0.2, 0.25) is 0 Å². The lowest BCUT2D eigenvalue weighted by atomic mass is 9.97. The molecule has 0 radical (unpaired) electrons. The maximum absolute atomic E-state index is 5.10. The van der Waals surface area contributed by atoms with Crippen LogP contribution in [0.15, 0.2) is 17.5 Å². The highest BCUT2D eigenvalue weighted by atomic mass is 32.1. The molecule has 0 aliphatic carbocycles. The molecular formula is C11H19NOS. The van der Waals surface area contributed by atoms with Crippen LogP contribution in [0.4, 0.5) is 0 Å². The third kappa shape index (κ3) is 3.08. The van der Waals surface area contributed by atoms with Crippen molar-refractivity contribution >= 4 is 11.3 Å². The van der Waals surface area contributed by atoms with E-state index in [9.17, 15) is 0 Å². The van der Waals surface area contributed by atoms with Crippen LogP contribution in [-0.4, -0.2) is 20.8 Å². The van der Waals surface area contributed by atoms with Gasteiger partial charge in [-0.3, -0.25) is 0 Å². The number of hydrogen-bond donors (Lipinski definition) is 1. The Kier molecular flexibility index (Phi) is 5.15. The summed E-state index contributed by atoms with van der Waals surface area (Å²) in [5.74, 6) is 0.610. The predicted octanol–water partition coefficient (Wildman–Crippen LogP) is 2.68. The van der Waals surface area contributed by atoms with Gasteiger partial charge in [0.15, 0.2) is 0 Å². The van der Waals surface area contributed by atoms with Gasteiger partial charge in [-0.25, -0.2) is 0 Å². The van der Waals surface area contributed by atoms with Crippen molar-refractivity contribution < 1.29 is 4.74 Å². The third-order valence-corrected chi connectivity index (χ3v) is 3.46. The van der Waals surface area contributed by atoms with Gasteiger partial charge in [-0.1, -0.05) is 13.0 Å². The van der Waals surface area contributed by atoms with E-state index in [4.69, 9.17) is 4.74 Å². The van der Waals surface area contributed by atoms with Gasteiger partial charge in [-0.2, -0.15) is 0 Å². The molecule has 1 aromatic rings. The lowest BCUT2D eigenvalue weighted by Gasteiger charge is -2.22. The Bertz CT molecular complexity index is 235. The van der Waals surface area contributed by atoms with Crippen LogP contribution >= 0.6 is 11.3 Å². The number of ether oxygens (including phenoxy) is 1. The van der Waals surface area contributed by atoms with E-state index in [-0.39, 0.29) is 0 Å². The molecule has 1 heterocycles. The Morgan fingerprint density at radius 2 is 2.36 bits per heavy atom. The molecule has 2 nitrogen and oxygen atoms in total. The number of methoxy groups -OCH3 is 1. The molecule has 0 aliphatic heterocycles. The number of nitrogens with one attached hydrogen (secondary N) is 1. The second-order valence-electron chi connectivity index (χ2n) is 3.54. The van der Waals surface area contributed by atoms with Crippen LogP contribution in [0.3, 0.4) is 0 Å². The first-order valence-electron chi connectivity index (χ1n) is 4.99. The summed E-state index contributed by atoms with van der Waals surface area (Å²) in [5.41, 5.74) is 0. The van der Waals surface area contributed by atoms with Crippen LogP contribution in [0.2, 0.25) is 0 Å². The van der Waals surface area contributed by atoms with Crippen LogP contribution in [0.5, 0.6) is 0 Å². The molecule has 0 aromatic carbocycles. The maximum atomic E-state index is 5.10. The van der Waals surface area contributed by atoms with Crippen molar-refractivity contribution in [1.29, 1.82) is 0 Å². The SMILES string of the molecule is CNC(c1cccs1)C(C)CCOC. The second kappa shape index (κ2) is 6.17. The molecule has 0 fully saturated rings. The molecule has 1 rings (SSSR count). The summed E-state index contributed by atoms with van der Waals surface area (Å²) >= 11 is 1.81. The van der Waals surface area contributed by atoms with E-state index in [0.717, 1.165) is 13.0 Å².